The van der Waals surface area contributed by atoms with Crippen molar-refractivity contribution in [3.63, 3.8) is 0 Å². The Morgan fingerprint density at radius 1 is 1.53 bits per heavy atom. The summed E-state index contributed by atoms with van der Waals surface area (Å²) in [4.78, 5) is 11.5. The molecule has 0 radical (unpaired) electrons. The molecule has 0 aliphatic rings. The number of amides is 1. The molecule has 2 aromatic rings. The van der Waals surface area contributed by atoms with Gasteiger partial charge >= 0.3 is 0 Å². The first-order valence-electron chi connectivity index (χ1n) is 4.35. The zero-order chi connectivity index (χ0) is 10.7. The van der Waals surface area contributed by atoms with Gasteiger partial charge in [0.05, 0.1) is 6.42 Å². The molecule has 0 atom stereocenters. The number of hydrogen-bond acceptors (Lipinski definition) is 5. The molecule has 2 aromatic heterocycles. The van der Waals surface area contributed by atoms with Crippen LogP contribution in [0.1, 0.15) is 10.6 Å². The van der Waals surface area contributed by atoms with Crippen molar-refractivity contribution in [2.24, 2.45) is 0 Å². The van der Waals surface area contributed by atoms with Crippen molar-refractivity contribution in [3.8, 4) is 0 Å². The molecule has 15 heavy (non-hydrogen) atoms. The predicted octanol–water partition coefficient (Wildman–Crippen LogP) is 2.09. The van der Waals surface area contributed by atoms with E-state index < -0.39 is 0 Å². The highest BCUT2D eigenvalue weighted by atomic mass is 32.1. The SMILES string of the molecule is Cc1nnc(NC(=O)Cc2ccsc2)s1. The molecule has 6 heteroatoms. The van der Waals surface area contributed by atoms with Crippen LogP contribution in [0, 0.1) is 6.92 Å². The summed E-state index contributed by atoms with van der Waals surface area (Å²) in [6.45, 7) is 1.85. The van der Waals surface area contributed by atoms with E-state index in [1.165, 1.54) is 11.3 Å². The monoisotopic (exact) mass is 239 g/mol. The fourth-order valence-corrected chi connectivity index (χ4v) is 2.37. The molecule has 0 aliphatic carbocycles. The highest BCUT2D eigenvalue weighted by Gasteiger charge is 2.07. The summed E-state index contributed by atoms with van der Waals surface area (Å²) >= 11 is 2.96. The first kappa shape index (κ1) is 10.3. The van der Waals surface area contributed by atoms with Crippen LogP contribution in [0.5, 0.6) is 0 Å². The quantitative estimate of drug-likeness (QED) is 0.892. The van der Waals surface area contributed by atoms with E-state index in [2.05, 4.69) is 15.5 Å². The number of thiophene rings is 1. The van der Waals surface area contributed by atoms with Crippen molar-refractivity contribution in [1.82, 2.24) is 10.2 Å². The normalized spacial score (nSPS) is 10.2. The molecule has 1 N–H and O–H groups in total. The molecular formula is C9H9N3OS2. The van der Waals surface area contributed by atoms with E-state index in [1.807, 2.05) is 23.8 Å². The summed E-state index contributed by atoms with van der Waals surface area (Å²) in [7, 11) is 0. The number of nitrogens with zero attached hydrogens (tertiary/aromatic N) is 2. The van der Waals surface area contributed by atoms with E-state index in [4.69, 9.17) is 0 Å². The van der Waals surface area contributed by atoms with Gasteiger partial charge in [0.25, 0.3) is 0 Å². The number of aromatic nitrogens is 2. The van der Waals surface area contributed by atoms with Gasteiger partial charge in [0.2, 0.25) is 11.0 Å². The van der Waals surface area contributed by atoms with Crippen LogP contribution in [0.25, 0.3) is 0 Å². The molecule has 78 valence electrons. The lowest BCUT2D eigenvalue weighted by molar-refractivity contribution is -0.115. The van der Waals surface area contributed by atoms with Crippen molar-refractivity contribution >= 4 is 33.7 Å². The number of hydrogen-bond donors (Lipinski definition) is 1. The van der Waals surface area contributed by atoms with Gasteiger partial charge in [-0.2, -0.15) is 11.3 Å². The van der Waals surface area contributed by atoms with Crippen molar-refractivity contribution in [1.29, 1.82) is 0 Å². The van der Waals surface area contributed by atoms with Crippen molar-refractivity contribution in [2.75, 3.05) is 5.32 Å². The molecule has 2 heterocycles. The van der Waals surface area contributed by atoms with Gasteiger partial charge in [-0.15, -0.1) is 10.2 Å². The number of anilines is 1. The van der Waals surface area contributed by atoms with Crippen molar-refractivity contribution in [2.45, 2.75) is 13.3 Å². The van der Waals surface area contributed by atoms with E-state index in [9.17, 15) is 4.79 Å². The Morgan fingerprint density at radius 2 is 2.40 bits per heavy atom. The number of carbonyl (C=O) groups excluding carboxylic acids is 1. The summed E-state index contributed by atoms with van der Waals surface area (Å²) < 4.78 is 0. The van der Waals surface area contributed by atoms with Gasteiger partial charge in [-0.1, -0.05) is 11.3 Å². The van der Waals surface area contributed by atoms with Gasteiger partial charge in [0.1, 0.15) is 5.01 Å². The minimum absolute atomic E-state index is 0.0513. The molecule has 0 fully saturated rings. The lowest BCUT2D eigenvalue weighted by atomic mass is 10.2. The zero-order valence-electron chi connectivity index (χ0n) is 8.06. The Kier molecular flexibility index (Phi) is 3.08. The Labute approximate surface area is 95.0 Å². The molecule has 0 bridgehead atoms. The molecule has 0 aromatic carbocycles. The van der Waals surface area contributed by atoms with E-state index >= 15 is 0 Å². The first-order valence-corrected chi connectivity index (χ1v) is 6.11. The molecule has 1 amide bonds. The molecule has 0 unspecified atom stereocenters. The lowest BCUT2D eigenvalue weighted by Crippen LogP contribution is -2.13. The van der Waals surface area contributed by atoms with Gasteiger partial charge < -0.3 is 5.32 Å². The summed E-state index contributed by atoms with van der Waals surface area (Å²) in [6, 6.07) is 1.94. The van der Waals surface area contributed by atoms with Crippen LogP contribution in [0.2, 0.25) is 0 Å². The Balaban J connectivity index is 1.93. The molecule has 0 saturated heterocycles. The first-order chi connectivity index (χ1) is 7.24. The highest BCUT2D eigenvalue weighted by Crippen LogP contribution is 2.14. The zero-order valence-corrected chi connectivity index (χ0v) is 9.69. The molecule has 0 aliphatic heterocycles. The van der Waals surface area contributed by atoms with E-state index in [0.717, 1.165) is 10.6 Å². The van der Waals surface area contributed by atoms with Crippen LogP contribution in [0.15, 0.2) is 16.8 Å². The highest BCUT2D eigenvalue weighted by molar-refractivity contribution is 7.15. The fourth-order valence-electron chi connectivity index (χ4n) is 1.09. The Bertz CT molecular complexity index is 450. The standard InChI is InChI=1S/C9H9N3OS2/c1-6-11-12-9(15-6)10-8(13)4-7-2-3-14-5-7/h2-3,5H,4H2,1H3,(H,10,12,13). The summed E-state index contributed by atoms with van der Waals surface area (Å²) in [5.41, 5.74) is 1.03. The molecule has 0 saturated carbocycles. The number of rotatable bonds is 3. The largest absolute Gasteiger partial charge is 0.300 e. The summed E-state index contributed by atoms with van der Waals surface area (Å²) in [5, 5.41) is 15.7. The number of aryl methyl sites for hydroxylation is 1. The molecule has 0 spiro atoms. The van der Waals surface area contributed by atoms with Crippen LogP contribution in [0.3, 0.4) is 0 Å². The third-order valence-corrected chi connectivity index (χ3v) is 3.20. The second kappa shape index (κ2) is 4.50. The average Bonchev–Trinajstić information content (AvgIpc) is 2.77. The maximum Gasteiger partial charge on any atom is 0.230 e. The van der Waals surface area contributed by atoms with Crippen LogP contribution in [-0.4, -0.2) is 16.1 Å². The van der Waals surface area contributed by atoms with Gasteiger partial charge in [-0.05, 0) is 29.3 Å². The lowest BCUT2D eigenvalue weighted by Gasteiger charge is -1.98. The molecule has 4 nitrogen and oxygen atoms in total. The summed E-state index contributed by atoms with van der Waals surface area (Å²) in [5.74, 6) is -0.0513. The third-order valence-electron chi connectivity index (χ3n) is 1.72. The second-order valence-corrected chi connectivity index (χ2v) is 4.94. The third kappa shape index (κ3) is 2.84. The smallest absolute Gasteiger partial charge is 0.230 e. The van der Waals surface area contributed by atoms with Crippen LogP contribution < -0.4 is 5.32 Å². The molecular weight excluding hydrogens is 230 g/mol. The summed E-state index contributed by atoms with van der Waals surface area (Å²) in [6.07, 6.45) is 0.391. The Morgan fingerprint density at radius 3 is 3.00 bits per heavy atom. The van der Waals surface area contributed by atoms with Gasteiger partial charge in [0.15, 0.2) is 0 Å². The van der Waals surface area contributed by atoms with Gasteiger partial charge in [-0.3, -0.25) is 4.79 Å². The maximum atomic E-state index is 11.5. The van der Waals surface area contributed by atoms with Crippen molar-refractivity contribution < 1.29 is 4.79 Å². The second-order valence-electron chi connectivity index (χ2n) is 2.98. The predicted molar refractivity (Wildman–Crippen MR) is 61.3 cm³/mol. The van der Waals surface area contributed by atoms with Crippen LogP contribution >= 0.6 is 22.7 Å². The minimum atomic E-state index is -0.0513. The van der Waals surface area contributed by atoms with Crippen LogP contribution in [0.4, 0.5) is 5.13 Å². The van der Waals surface area contributed by atoms with E-state index in [-0.39, 0.29) is 5.91 Å². The topological polar surface area (TPSA) is 54.9 Å². The number of carbonyl (C=O) groups is 1. The van der Waals surface area contributed by atoms with Crippen molar-refractivity contribution in [3.05, 3.63) is 27.4 Å². The molecule has 2 rings (SSSR count). The van der Waals surface area contributed by atoms with Gasteiger partial charge in [0, 0.05) is 0 Å². The van der Waals surface area contributed by atoms with E-state index in [1.54, 1.807) is 11.3 Å². The van der Waals surface area contributed by atoms with Crippen LogP contribution in [-0.2, 0) is 11.2 Å². The fraction of sp³-hybridized carbons (Fsp3) is 0.222. The minimum Gasteiger partial charge on any atom is -0.300 e. The number of nitrogens with one attached hydrogen (secondary N) is 1. The van der Waals surface area contributed by atoms with E-state index in [0.29, 0.717) is 11.6 Å². The Hall–Kier alpha value is -1.27. The van der Waals surface area contributed by atoms with Gasteiger partial charge in [-0.25, -0.2) is 0 Å². The maximum absolute atomic E-state index is 11.5. The average molecular weight is 239 g/mol.